The molecule has 0 atom stereocenters. The summed E-state index contributed by atoms with van der Waals surface area (Å²) in [4.78, 5) is 12.9. The average molecular weight is 382 g/mol. The summed E-state index contributed by atoms with van der Waals surface area (Å²) in [6.45, 7) is 0. The third-order valence-corrected chi connectivity index (χ3v) is 4.64. The maximum absolute atomic E-state index is 12.9. The monoisotopic (exact) mass is 382 g/mol. The topological polar surface area (TPSA) is 82.2 Å². The number of fused-ring (bicyclic) bond motifs is 1. The molecule has 0 bridgehead atoms. The van der Waals surface area contributed by atoms with E-state index >= 15 is 0 Å². The number of phenolic OH excluding ortho intramolecular Hbond substituents is 2. The highest BCUT2D eigenvalue weighted by Crippen LogP contribution is 2.40. The Morgan fingerprint density at radius 3 is 2.28 bits per heavy atom. The smallest absolute Gasteiger partial charge is 0.171 e. The van der Waals surface area contributed by atoms with Crippen LogP contribution in [0.15, 0.2) is 95.2 Å². The van der Waals surface area contributed by atoms with Gasteiger partial charge in [-0.3, -0.25) is 4.79 Å². The zero-order valence-corrected chi connectivity index (χ0v) is 15.5. The molecule has 0 aliphatic carbocycles. The van der Waals surface area contributed by atoms with Crippen LogP contribution >= 0.6 is 0 Å². The van der Waals surface area contributed by atoms with Crippen molar-refractivity contribution in [3.8, 4) is 11.5 Å². The van der Waals surface area contributed by atoms with Crippen LogP contribution in [-0.2, 0) is 6.42 Å². The molecule has 0 amide bonds. The van der Waals surface area contributed by atoms with E-state index in [2.05, 4.69) is 10.2 Å². The van der Waals surface area contributed by atoms with Crippen LogP contribution in [-0.4, -0.2) is 16.0 Å². The quantitative estimate of drug-likeness (QED) is 0.323. The Hall–Kier alpha value is -3.99. The summed E-state index contributed by atoms with van der Waals surface area (Å²) >= 11 is 0. The van der Waals surface area contributed by atoms with E-state index in [1.54, 1.807) is 30.3 Å². The average Bonchev–Trinajstić information content (AvgIpc) is 2.74. The summed E-state index contributed by atoms with van der Waals surface area (Å²) in [5.74, 6) is -0.446. The number of rotatable bonds is 5. The molecule has 0 aromatic heterocycles. The van der Waals surface area contributed by atoms with Gasteiger partial charge in [0.05, 0.1) is 5.56 Å². The standard InChI is InChI=1S/C24H18N2O3/c27-21-13-7-6-12-20(21)25-26-23-18-11-5-4-10-17(18)15-19(24(23)29)22(28)14-16-8-2-1-3-9-16/h1-13,15,27,29H,14H2. The molecule has 0 aliphatic rings. The fourth-order valence-corrected chi connectivity index (χ4v) is 3.16. The molecule has 142 valence electrons. The first kappa shape index (κ1) is 18.4. The number of carbonyl (C=O) groups excluding carboxylic acids is 1. The fourth-order valence-electron chi connectivity index (χ4n) is 3.16. The van der Waals surface area contributed by atoms with Gasteiger partial charge >= 0.3 is 0 Å². The van der Waals surface area contributed by atoms with Crippen molar-refractivity contribution in [3.63, 3.8) is 0 Å². The van der Waals surface area contributed by atoms with E-state index in [4.69, 9.17) is 0 Å². The zero-order chi connectivity index (χ0) is 20.2. The van der Waals surface area contributed by atoms with Gasteiger partial charge in [0, 0.05) is 11.8 Å². The van der Waals surface area contributed by atoms with Crippen LogP contribution in [0, 0.1) is 0 Å². The Labute approximate surface area is 167 Å². The van der Waals surface area contributed by atoms with Crippen molar-refractivity contribution in [1.82, 2.24) is 0 Å². The van der Waals surface area contributed by atoms with Gasteiger partial charge in [0.25, 0.3) is 0 Å². The van der Waals surface area contributed by atoms with Crippen molar-refractivity contribution < 1.29 is 15.0 Å². The highest BCUT2D eigenvalue weighted by atomic mass is 16.3. The van der Waals surface area contributed by atoms with Gasteiger partial charge in [-0.1, -0.05) is 66.7 Å². The van der Waals surface area contributed by atoms with Crippen LogP contribution in [0.4, 0.5) is 11.4 Å². The second-order valence-corrected chi connectivity index (χ2v) is 6.62. The largest absolute Gasteiger partial charge is 0.506 e. The van der Waals surface area contributed by atoms with Gasteiger partial charge in [-0.15, -0.1) is 10.2 Å². The lowest BCUT2D eigenvalue weighted by molar-refractivity contribution is 0.0990. The van der Waals surface area contributed by atoms with Crippen molar-refractivity contribution >= 4 is 27.9 Å². The Morgan fingerprint density at radius 2 is 1.48 bits per heavy atom. The minimum atomic E-state index is -0.219. The second-order valence-electron chi connectivity index (χ2n) is 6.62. The Morgan fingerprint density at radius 1 is 0.793 bits per heavy atom. The molecule has 5 heteroatoms. The summed E-state index contributed by atoms with van der Waals surface area (Å²) in [7, 11) is 0. The summed E-state index contributed by atoms with van der Waals surface area (Å²) in [6.07, 6.45) is 0.169. The van der Waals surface area contributed by atoms with Gasteiger partial charge in [0.1, 0.15) is 17.1 Å². The number of benzene rings is 4. The molecule has 4 aromatic rings. The molecule has 0 heterocycles. The van der Waals surface area contributed by atoms with Crippen LogP contribution < -0.4 is 0 Å². The molecule has 5 nitrogen and oxygen atoms in total. The number of azo groups is 1. The summed E-state index contributed by atoms with van der Waals surface area (Å²) < 4.78 is 0. The van der Waals surface area contributed by atoms with E-state index < -0.39 is 0 Å². The van der Waals surface area contributed by atoms with Crippen LogP contribution in [0.1, 0.15) is 15.9 Å². The normalized spacial score (nSPS) is 11.2. The van der Waals surface area contributed by atoms with Crippen molar-refractivity contribution in [2.24, 2.45) is 10.2 Å². The lowest BCUT2D eigenvalue weighted by Gasteiger charge is -2.10. The van der Waals surface area contributed by atoms with Gasteiger partial charge in [0.2, 0.25) is 0 Å². The molecule has 4 aromatic carbocycles. The summed E-state index contributed by atoms with van der Waals surface area (Å²) in [5, 5.41) is 30.4. The summed E-state index contributed by atoms with van der Waals surface area (Å²) in [6, 6.07) is 24.9. The Balaban J connectivity index is 1.80. The minimum Gasteiger partial charge on any atom is -0.506 e. The highest BCUT2D eigenvalue weighted by Gasteiger charge is 2.18. The molecule has 0 unspecified atom stereocenters. The van der Waals surface area contributed by atoms with Crippen molar-refractivity contribution in [2.75, 3.05) is 0 Å². The first-order chi connectivity index (χ1) is 14.1. The van der Waals surface area contributed by atoms with Gasteiger partial charge in [-0.2, -0.15) is 0 Å². The lowest BCUT2D eigenvalue weighted by Crippen LogP contribution is -2.04. The zero-order valence-electron chi connectivity index (χ0n) is 15.5. The number of nitrogens with zero attached hydrogens (tertiary/aromatic N) is 2. The SMILES string of the molecule is O=C(Cc1ccccc1)c1cc2ccccc2c(N=Nc2ccccc2O)c1O. The lowest BCUT2D eigenvalue weighted by atomic mass is 9.97. The molecule has 0 aliphatic heterocycles. The number of hydrogen-bond acceptors (Lipinski definition) is 5. The molecule has 2 N–H and O–H groups in total. The molecule has 0 radical (unpaired) electrons. The molecule has 4 rings (SSSR count). The molecule has 0 spiro atoms. The molecule has 0 fully saturated rings. The second kappa shape index (κ2) is 7.94. The number of carbonyl (C=O) groups is 1. The van der Waals surface area contributed by atoms with Crippen molar-refractivity contribution in [3.05, 3.63) is 96.1 Å². The van der Waals surface area contributed by atoms with Gasteiger partial charge in [-0.05, 0) is 29.1 Å². The van der Waals surface area contributed by atoms with E-state index in [9.17, 15) is 15.0 Å². The molecule has 0 saturated heterocycles. The van der Waals surface area contributed by atoms with Gasteiger partial charge in [-0.25, -0.2) is 0 Å². The van der Waals surface area contributed by atoms with Crippen molar-refractivity contribution in [1.29, 1.82) is 0 Å². The van der Waals surface area contributed by atoms with Crippen LogP contribution in [0.3, 0.4) is 0 Å². The number of ketones is 1. The third-order valence-electron chi connectivity index (χ3n) is 4.64. The maximum atomic E-state index is 12.9. The van der Waals surface area contributed by atoms with E-state index in [1.165, 1.54) is 6.07 Å². The Bertz CT molecular complexity index is 1220. The molecular weight excluding hydrogens is 364 g/mol. The van der Waals surface area contributed by atoms with E-state index in [0.717, 1.165) is 10.9 Å². The van der Waals surface area contributed by atoms with Crippen molar-refractivity contribution in [2.45, 2.75) is 6.42 Å². The number of para-hydroxylation sites is 1. The minimum absolute atomic E-state index is 0.0173. The number of aromatic hydroxyl groups is 2. The van der Waals surface area contributed by atoms with Crippen LogP contribution in [0.2, 0.25) is 0 Å². The maximum Gasteiger partial charge on any atom is 0.171 e. The van der Waals surface area contributed by atoms with Crippen LogP contribution in [0.5, 0.6) is 11.5 Å². The van der Waals surface area contributed by atoms with Gasteiger partial charge in [0.15, 0.2) is 11.5 Å². The van der Waals surface area contributed by atoms with Crippen LogP contribution in [0.25, 0.3) is 10.8 Å². The Kier molecular flexibility index (Phi) is 5.03. The van der Waals surface area contributed by atoms with E-state index in [0.29, 0.717) is 5.39 Å². The first-order valence-electron chi connectivity index (χ1n) is 9.15. The highest BCUT2D eigenvalue weighted by molar-refractivity contribution is 6.08. The van der Waals surface area contributed by atoms with E-state index in [1.807, 2.05) is 48.5 Å². The number of phenols is 2. The third kappa shape index (κ3) is 3.84. The predicted octanol–water partition coefficient (Wildman–Crippen LogP) is 6.09. The molecule has 29 heavy (non-hydrogen) atoms. The first-order valence-corrected chi connectivity index (χ1v) is 9.15. The molecular formula is C24H18N2O3. The number of hydrogen-bond donors (Lipinski definition) is 2. The predicted molar refractivity (Wildman–Crippen MR) is 112 cm³/mol. The van der Waals surface area contributed by atoms with E-state index in [-0.39, 0.29) is 40.6 Å². The fraction of sp³-hybridized carbons (Fsp3) is 0.0417. The summed E-state index contributed by atoms with van der Waals surface area (Å²) in [5.41, 5.74) is 1.53. The number of Topliss-reactive ketones (excluding diaryl/α,β-unsaturated/α-hetero) is 1. The molecule has 0 saturated carbocycles. The van der Waals surface area contributed by atoms with Gasteiger partial charge < -0.3 is 10.2 Å².